The van der Waals surface area contributed by atoms with Crippen molar-refractivity contribution in [3.05, 3.63) is 0 Å². The molecule has 1 unspecified atom stereocenters. The number of piperidine rings is 2. The largest absolute Gasteiger partial charge is 0.316 e. The molecule has 5 nitrogen and oxygen atoms in total. The third kappa shape index (κ3) is 7.44. The first kappa shape index (κ1) is 24.4. The molecule has 8 heteroatoms. The summed E-state index contributed by atoms with van der Waals surface area (Å²) in [5, 5.41) is 3.38. The topological polar surface area (TPSA) is 52.7 Å². The first-order valence-corrected chi connectivity index (χ1v) is 11.7. The van der Waals surface area contributed by atoms with Crippen molar-refractivity contribution in [3.8, 4) is 0 Å². The first-order valence-electron chi connectivity index (χ1n) is 10.0. The van der Waals surface area contributed by atoms with Crippen LogP contribution < -0.4 is 5.32 Å². The fourth-order valence-corrected chi connectivity index (χ4v) is 6.12. The molecular weight excluding hydrogens is 393 g/mol. The van der Waals surface area contributed by atoms with Gasteiger partial charge in [-0.25, -0.2) is 12.7 Å². The quantitative estimate of drug-likeness (QED) is 0.675. The molecule has 1 atom stereocenters. The Morgan fingerprint density at radius 2 is 1.54 bits per heavy atom. The molecule has 0 saturated carbocycles. The maximum absolute atomic E-state index is 12.6. The van der Waals surface area contributed by atoms with E-state index in [0.717, 1.165) is 51.4 Å². The van der Waals surface area contributed by atoms with Gasteiger partial charge in [-0.1, -0.05) is 0 Å². The lowest BCUT2D eigenvalue weighted by Gasteiger charge is -2.32. The summed E-state index contributed by atoms with van der Waals surface area (Å²) in [5.41, 5.74) is 0. The molecule has 3 fully saturated rings. The summed E-state index contributed by atoms with van der Waals surface area (Å²) in [6.45, 7) is 7.33. The van der Waals surface area contributed by atoms with E-state index in [1.807, 2.05) is 0 Å². The Bertz CT molecular complexity index is 473. The predicted molar refractivity (Wildman–Crippen MR) is 113 cm³/mol. The van der Waals surface area contributed by atoms with Gasteiger partial charge in [-0.2, -0.15) is 0 Å². The third-order valence-electron chi connectivity index (χ3n) is 6.20. The van der Waals surface area contributed by atoms with E-state index in [2.05, 4.69) is 10.2 Å². The zero-order valence-corrected chi connectivity index (χ0v) is 18.4. The van der Waals surface area contributed by atoms with Crippen LogP contribution >= 0.6 is 24.8 Å². The summed E-state index contributed by atoms with van der Waals surface area (Å²) in [5.74, 6) is 1.61. The molecule has 1 N–H and O–H groups in total. The Morgan fingerprint density at radius 3 is 2.15 bits per heavy atom. The Hall–Kier alpha value is 0.410. The van der Waals surface area contributed by atoms with Crippen LogP contribution in [0, 0.1) is 11.8 Å². The Labute approximate surface area is 172 Å². The van der Waals surface area contributed by atoms with Crippen molar-refractivity contribution in [3.63, 3.8) is 0 Å². The van der Waals surface area contributed by atoms with Crippen molar-refractivity contribution in [1.82, 2.24) is 14.5 Å². The van der Waals surface area contributed by atoms with Gasteiger partial charge in [0.1, 0.15) is 0 Å². The van der Waals surface area contributed by atoms with E-state index in [1.165, 1.54) is 51.7 Å². The van der Waals surface area contributed by atoms with Crippen molar-refractivity contribution in [1.29, 1.82) is 0 Å². The minimum absolute atomic E-state index is 0. The SMILES string of the molecule is Cl.Cl.O=S(=O)(CCC1CCCNC1)N1CCC(CCN2CCCC2)CC1. The van der Waals surface area contributed by atoms with Gasteiger partial charge < -0.3 is 10.2 Å². The van der Waals surface area contributed by atoms with Gasteiger partial charge in [0, 0.05) is 13.1 Å². The molecule has 0 bridgehead atoms. The molecule has 26 heavy (non-hydrogen) atoms. The van der Waals surface area contributed by atoms with Crippen LogP contribution in [0.25, 0.3) is 0 Å². The van der Waals surface area contributed by atoms with E-state index < -0.39 is 10.0 Å². The summed E-state index contributed by atoms with van der Waals surface area (Å²) in [4.78, 5) is 2.57. The Kier molecular flexibility index (Phi) is 11.4. The summed E-state index contributed by atoms with van der Waals surface area (Å²) < 4.78 is 27.0. The van der Waals surface area contributed by atoms with Crippen LogP contribution in [0.1, 0.15) is 51.4 Å². The van der Waals surface area contributed by atoms with E-state index in [0.29, 0.717) is 11.7 Å². The number of hydrogen-bond acceptors (Lipinski definition) is 4. The van der Waals surface area contributed by atoms with Crippen molar-refractivity contribution in [2.45, 2.75) is 51.4 Å². The van der Waals surface area contributed by atoms with Crippen molar-refractivity contribution < 1.29 is 8.42 Å². The van der Waals surface area contributed by atoms with Gasteiger partial charge in [0.2, 0.25) is 10.0 Å². The van der Waals surface area contributed by atoms with Gasteiger partial charge in [0.05, 0.1) is 5.75 Å². The van der Waals surface area contributed by atoms with Crippen LogP contribution in [0.4, 0.5) is 0 Å². The summed E-state index contributed by atoms with van der Waals surface area (Å²) in [7, 11) is -3.04. The number of sulfonamides is 1. The molecule has 3 aliphatic heterocycles. The molecule has 3 rings (SSSR count). The number of nitrogens with one attached hydrogen (secondary N) is 1. The van der Waals surface area contributed by atoms with Crippen LogP contribution in [0.5, 0.6) is 0 Å². The van der Waals surface area contributed by atoms with E-state index in [1.54, 1.807) is 4.31 Å². The Morgan fingerprint density at radius 1 is 0.846 bits per heavy atom. The highest BCUT2D eigenvalue weighted by molar-refractivity contribution is 7.89. The highest BCUT2D eigenvalue weighted by Gasteiger charge is 2.29. The third-order valence-corrected chi connectivity index (χ3v) is 8.11. The maximum Gasteiger partial charge on any atom is 0.214 e. The number of rotatable bonds is 7. The van der Waals surface area contributed by atoms with Crippen LogP contribution in [-0.4, -0.2) is 69.2 Å². The number of hydrogen-bond donors (Lipinski definition) is 1. The minimum atomic E-state index is -3.04. The molecular formula is C18H37Cl2N3O2S. The molecule has 0 amide bonds. The van der Waals surface area contributed by atoms with Crippen LogP contribution in [0.15, 0.2) is 0 Å². The van der Waals surface area contributed by atoms with E-state index in [9.17, 15) is 8.42 Å². The second-order valence-electron chi connectivity index (χ2n) is 8.00. The highest BCUT2D eigenvalue weighted by atomic mass is 35.5. The van der Waals surface area contributed by atoms with Gasteiger partial charge in [0.25, 0.3) is 0 Å². The molecule has 0 spiro atoms. The molecule has 0 aliphatic carbocycles. The smallest absolute Gasteiger partial charge is 0.214 e. The molecule has 156 valence electrons. The lowest BCUT2D eigenvalue weighted by atomic mass is 9.94. The monoisotopic (exact) mass is 429 g/mol. The summed E-state index contributed by atoms with van der Waals surface area (Å²) in [6, 6.07) is 0. The second-order valence-corrected chi connectivity index (χ2v) is 10.1. The Balaban J connectivity index is 0.00000169. The second kappa shape index (κ2) is 12.1. The van der Waals surface area contributed by atoms with E-state index in [4.69, 9.17) is 0 Å². The fraction of sp³-hybridized carbons (Fsp3) is 1.00. The standard InChI is InChI=1S/C18H35N3O2S.2ClH/c22-24(23,15-8-18-4-3-9-19-16-18)21-13-6-17(7-14-21)5-12-20-10-1-2-11-20;;/h17-19H,1-16H2;2*1H. The molecule has 3 heterocycles. The average Bonchev–Trinajstić information content (AvgIpc) is 3.13. The van der Waals surface area contributed by atoms with Crippen molar-refractivity contribution >= 4 is 34.8 Å². The number of halogens is 2. The molecule has 0 aromatic carbocycles. The lowest BCUT2D eigenvalue weighted by Crippen LogP contribution is -2.41. The van der Waals surface area contributed by atoms with E-state index >= 15 is 0 Å². The van der Waals surface area contributed by atoms with Gasteiger partial charge in [0.15, 0.2) is 0 Å². The summed E-state index contributed by atoms with van der Waals surface area (Å²) >= 11 is 0. The molecule has 0 aromatic rings. The predicted octanol–water partition coefficient (Wildman–Crippen LogP) is 2.75. The van der Waals surface area contributed by atoms with Crippen molar-refractivity contribution in [2.75, 3.05) is 51.6 Å². The lowest BCUT2D eigenvalue weighted by molar-refractivity contribution is 0.231. The summed E-state index contributed by atoms with van der Waals surface area (Å²) in [6.07, 6.45) is 9.26. The molecule has 3 aliphatic rings. The van der Waals surface area contributed by atoms with E-state index in [-0.39, 0.29) is 24.8 Å². The van der Waals surface area contributed by atoms with Crippen LogP contribution in [0.2, 0.25) is 0 Å². The zero-order chi connectivity index (χ0) is 16.8. The highest BCUT2D eigenvalue weighted by Crippen LogP contribution is 2.25. The van der Waals surface area contributed by atoms with Gasteiger partial charge in [-0.3, -0.25) is 0 Å². The van der Waals surface area contributed by atoms with Gasteiger partial charge >= 0.3 is 0 Å². The van der Waals surface area contributed by atoms with Crippen LogP contribution in [0.3, 0.4) is 0 Å². The van der Waals surface area contributed by atoms with Gasteiger partial charge in [-0.15, -0.1) is 24.8 Å². The molecule has 3 saturated heterocycles. The number of nitrogens with zero attached hydrogens (tertiary/aromatic N) is 2. The van der Waals surface area contributed by atoms with Gasteiger partial charge in [-0.05, 0) is 95.9 Å². The fourth-order valence-electron chi connectivity index (χ4n) is 4.46. The first-order chi connectivity index (χ1) is 11.6. The van der Waals surface area contributed by atoms with Crippen molar-refractivity contribution in [2.24, 2.45) is 11.8 Å². The maximum atomic E-state index is 12.6. The van der Waals surface area contributed by atoms with Crippen LogP contribution in [-0.2, 0) is 10.0 Å². The zero-order valence-electron chi connectivity index (χ0n) is 15.9. The molecule has 0 aromatic heterocycles. The number of likely N-dealkylation sites (tertiary alicyclic amines) is 1. The minimum Gasteiger partial charge on any atom is -0.316 e. The normalized spacial score (nSPS) is 26.2. The average molecular weight is 430 g/mol. The molecule has 0 radical (unpaired) electrons.